The van der Waals surface area contributed by atoms with E-state index in [1.807, 2.05) is 5.51 Å². The molecule has 1 fully saturated rings. The fourth-order valence-corrected chi connectivity index (χ4v) is 3.32. The normalized spacial score (nSPS) is 14.8. The van der Waals surface area contributed by atoms with Crippen molar-refractivity contribution in [1.82, 2.24) is 4.98 Å². The number of aryl methyl sites for hydroxylation is 1. The Bertz CT molecular complexity index is 544. The molecule has 0 amide bonds. The number of rotatable bonds is 5. The summed E-state index contributed by atoms with van der Waals surface area (Å²) in [6.45, 7) is 5.14. The Hall–Kier alpha value is -1.55. The first-order valence-corrected chi connectivity index (χ1v) is 8.08. The molecule has 0 spiro atoms. The summed E-state index contributed by atoms with van der Waals surface area (Å²) in [5.41, 5.74) is 4.34. The molecule has 106 valence electrons. The number of anilines is 1. The molecule has 3 nitrogen and oxygen atoms in total. The maximum absolute atomic E-state index is 5.81. The van der Waals surface area contributed by atoms with E-state index >= 15 is 0 Å². The van der Waals surface area contributed by atoms with Crippen LogP contribution in [0.5, 0.6) is 5.75 Å². The number of hydrogen-bond donors (Lipinski definition) is 0. The van der Waals surface area contributed by atoms with E-state index in [2.05, 4.69) is 41.1 Å². The molecule has 0 N–H and O–H groups in total. The minimum atomic E-state index is 0.714. The van der Waals surface area contributed by atoms with Gasteiger partial charge in [0.05, 0.1) is 17.8 Å². The van der Waals surface area contributed by atoms with Gasteiger partial charge in [0.15, 0.2) is 0 Å². The van der Waals surface area contributed by atoms with Crippen molar-refractivity contribution in [3.8, 4) is 5.75 Å². The van der Waals surface area contributed by atoms with Crippen LogP contribution in [0.2, 0.25) is 0 Å². The van der Waals surface area contributed by atoms with Crippen molar-refractivity contribution >= 4 is 17.0 Å². The zero-order chi connectivity index (χ0) is 13.8. The summed E-state index contributed by atoms with van der Waals surface area (Å²) in [7, 11) is 0. The molecule has 1 aliphatic heterocycles. The third-order valence-electron chi connectivity index (χ3n) is 3.75. The van der Waals surface area contributed by atoms with Crippen LogP contribution in [0.15, 0.2) is 29.8 Å². The van der Waals surface area contributed by atoms with E-state index in [1.165, 1.54) is 36.5 Å². The lowest BCUT2D eigenvalue weighted by Gasteiger charge is -2.17. The second kappa shape index (κ2) is 6.27. The highest BCUT2D eigenvalue weighted by atomic mass is 32.1. The third kappa shape index (κ3) is 3.12. The minimum Gasteiger partial charge on any atom is -0.493 e. The number of thiazole rings is 1. The van der Waals surface area contributed by atoms with E-state index in [9.17, 15) is 0 Å². The Kier molecular flexibility index (Phi) is 4.21. The fraction of sp³-hybridized carbons (Fsp3) is 0.438. The summed E-state index contributed by atoms with van der Waals surface area (Å²) in [6.07, 6.45) is 3.56. The zero-order valence-corrected chi connectivity index (χ0v) is 12.7. The van der Waals surface area contributed by atoms with Gasteiger partial charge in [-0.2, -0.15) is 0 Å². The van der Waals surface area contributed by atoms with Crippen LogP contribution in [0.1, 0.15) is 23.4 Å². The highest BCUT2D eigenvalue weighted by Crippen LogP contribution is 2.23. The van der Waals surface area contributed by atoms with E-state index in [-0.39, 0.29) is 0 Å². The smallest absolute Gasteiger partial charge is 0.119 e. The molecule has 1 aromatic carbocycles. The molecule has 1 aliphatic rings. The predicted molar refractivity (Wildman–Crippen MR) is 83.9 cm³/mol. The molecule has 3 rings (SSSR count). The zero-order valence-electron chi connectivity index (χ0n) is 11.8. The molecule has 0 radical (unpaired) electrons. The van der Waals surface area contributed by atoms with Crippen LogP contribution in [0.25, 0.3) is 0 Å². The lowest BCUT2D eigenvalue weighted by atomic mass is 10.3. The largest absolute Gasteiger partial charge is 0.493 e. The topological polar surface area (TPSA) is 25.4 Å². The molecule has 1 saturated heterocycles. The summed E-state index contributed by atoms with van der Waals surface area (Å²) in [5.74, 6) is 0.954. The maximum atomic E-state index is 5.81. The molecule has 4 heteroatoms. The van der Waals surface area contributed by atoms with Crippen LogP contribution in [0.3, 0.4) is 0 Å². The van der Waals surface area contributed by atoms with E-state index in [1.54, 1.807) is 11.3 Å². The Labute approximate surface area is 124 Å². The number of nitrogens with zero attached hydrogens (tertiary/aromatic N) is 2. The van der Waals surface area contributed by atoms with Crippen LogP contribution in [-0.2, 0) is 6.42 Å². The molecular weight excluding hydrogens is 268 g/mol. The summed E-state index contributed by atoms with van der Waals surface area (Å²) in [6, 6.07) is 8.48. The fourth-order valence-electron chi connectivity index (χ4n) is 2.56. The first-order chi connectivity index (χ1) is 9.83. The van der Waals surface area contributed by atoms with Gasteiger partial charge in [0, 0.05) is 30.1 Å². The van der Waals surface area contributed by atoms with Gasteiger partial charge in [0.2, 0.25) is 0 Å². The van der Waals surface area contributed by atoms with Crippen molar-refractivity contribution in [3.63, 3.8) is 0 Å². The Morgan fingerprint density at radius 3 is 2.60 bits per heavy atom. The molecular formula is C16H20N2OS. The molecule has 20 heavy (non-hydrogen) atoms. The van der Waals surface area contributed by atoms with Crippen LogP contribution in [0.4, 0.5) is 5.69 Å². The van der Waals surface area contributed by atoms with Gasteiger partial charge in [-0.15, -0.1) is 11.3 Å². The van der Waals surface area contributed by atoms with Crippen molar-refractivity contribution < 1.29 is 4.74 Å². The predicted octanol–water partition coefficient (Wildman–Crippen LogP) is 3.67. The van der Waals surface area contributed by atoms with Gasteiger partial charge in [0.25, 0.3) is 0 Å². The van der Waals surface area contributed by atoms with Gasteiger partial charge in [-0.25, -0.2) is 4.98 Å². The van der Waals surface area contributed by atoms with Gasteiger partial charge < -0.3 is 9.64 Å². The van der Waals surface area contributed by atoms with Gasteiger partial charge in [-0.05, 0) is 44.0 Å². The second-order valence-corrected chi connectivity index (χ2v) is 6.09. The lowest BCUT2D eigenvalue weighted by Crippen LogP contribution is -2.17. The lowest BCUT2D eigenvalue weighted by molar-refractivity contribution is 0.322. The van der Waals surface area contributed by atoms with Crippen molar-refractivity contribution in [2.75, 3.05) is 24.6 Å². The molecule has 2 aromatic rings. The van der Waals surface area contributed by atoms with Gasteiger partial charge >= 0.3 is 0 Å². The molecule has 0 atom stereocenters. The van der Waals surface area contributed by atoms with Gasteiger partial charge in [-0.3, -0.25) is 0 Å². The summed E-state index contributed by atoms with van der Waals surface area (Å²) >= 11 is 1.71. The first-order valence-electron chi connectivity index (χ1n) is 7.20. The summed E-state index contributed by atoms with van der Waals surface area (Å²) in [5, 5.41) is 0. The van der Waals surface area contributed by atoms with Gasteiger partial charge in [0.1, 0.15) is 5.75 Å². The Balaban J connectivity index is 1.52. The first kappa shape index (κ1) is 13.4. The quantitative estimate of drug-likeness (QED) is 0.839. The molecule has 2 heterocycles. The molecule has 0 bridgehead atoms. The van der Waals surface area contributed by atoms with Crippen LogP contribution < -0.4 is 9.64 Å². The monoisotopic (exact) mass is 288 g/mol. The third-order valence-corrected chi connectivity index (χ3v) is 4.75. The van der Waals surface area contributed by atoms with Crippen LogP contribution in [0, 0.1) is 6.92 Å². The molecule has 0 unspecified atom stereocenters. The van der Waals surface area contributed by atoms with E-state index in [0.717, 1.165) is 17.9 Å². The summed E-state index contributed by atoms with van der Waals surface area (Å²) in [4.78, 5) is 8.01. The molecule has 1 aromatic heterocycles. The highest BCUT2D eigenvalue weighted by Gasteiger charge is 2.11. The van der Waals surface area contributed by atoms with E-state index < -0.39 is 0 Å². The van der Waals surface area contributed by atoms with Crippen molar-refractivity contribution in [2.45, 2.75) is 26.2 Å². The number of ether oxygens (including phenoxy) is 1. The maximum Gasteiger partial charge on any atom is 0.119 e. The number of hydrogen-bond acceptors (Lipinski definition) is 4. The Morgan fingerprint density at radius 2 is 1.95 bits per heavy atom. The standard InChI is InChI=1S/C16H20N2OS/c1-13-16(20-12-17-13)8-11-19-15-6-4-14(5-7-15)18-9-2-3-10-18/h4-7,12H,2-3,8-11H2,1H3. The number of benzene rings is 1. The van der Waals surface area contributed by atoms with Crippen molar-refractivity contribution in [3.05, 3.63) is 40.3 Å². The SMILES string of the molecule is Cc1ncsc1CCOc1ccc(N2CCCC2)cc1. The molecule has 0 aliphatic carbocycles. The molecule has 0 saturated carbocycles. The van der Waals surface area contributed by atoms with Crippen LogP contribution in [-0.4, -0.2) is 24.7 Å². The summed E-state index contributed by atoms with van der Waals surface area (Å²) < 4.78 is 5.81. The Morgan fingerprint density at radius 1 is 1.20 bits per heavy atom. The number of aromatic nitrogens is 1. The van der Waals surface area contributed by atoms with E-state index in [4.69, 9.17) is 4.74 Å². The highest BCUT2D eigenvalue weighted by molar-refractivity contribution is 7.09. The van der Waals surface area contributed by atoms with Crippen molar-refractivity contribution in [1.29, 1.82) is 0 Å². The average molecular weight is 288 g/mol. The van der Waals surface area contributed by atoms with Crippen LogP contribution >= 0.6 is 11.3 Å². The minimum absolute atomic E-state index is 0.714. The van der Waals surface area contributed by atoms with Gasteiger partial charge in [-0.1, -0.05) is 0 Å². The second-order valence-electron chi connectivity index (χ2n) is 5.15. The van der Waals surface area contributed by atoms with Crippen molar-refractivity contribution in [2.24, 2.45) is 0 Å². The average Bonchev–Trinajstić information content (AvgIpc) is 3.12. The van der Waals surface area contributed by atoms with E-state index in [0.29, 0.717) is 6.61 Å².